The van der Waals surface area contributed by atoms with Crippen molar-refractivity contribution in [1.29, 1.82) is 0 Å². The Labute approximate surface area is 206 Å². The minimum atomic E-state index is -5.94. The van der Waals surface area contributed by atoms with Crippen molar-refractivity contribution in [2.45, 2.75) is 44.3 Å². The molecule has 0 aromatic heterocycles. The summed E-state index contributed by atoms with van der Waals surface area (Å²) in [5.41, 5.74) is -3.38. The molecule has 12 heteroatoms. The van der Waals surface area contributed by atoms with E-state index in [2.05, 4.69) is 4.90 Å². The highest BCUT2D eigenvalue weighted by molar-refractivity contribution is 7.88. The number of rotatable bonds is 6. The van der Waals surface area contributed by atoms with Crippen LogP contribution < -0.4 is 0 Å². The molecule has 200 valence electrons. The lowest BCUT2D eigenvalue weighted by Crippen LogP contribution is -2.53. The van der Waals surface area contributed by atoms with Crippen molar-refractivity contribution < 1.29 is 39.9 Å². The fourth-order valence-corrected chi connectivity index (χ4v) is 5.13. The summed E-state index contributed by atoms with van der Waals surface area (Å²) in [5, 5.41) is 9.62. The molecule has 5 nitrogen and oxygen atoms in total. The molecule has 0 spiro atoms. The van der Waals surface area contributed by atoms with E-state index in [4.69, 9.17) is 0 Å². The van der Waals surface area contributed by atoms with Crippen LogP contribution in [0.5, 0.6) is 0 Å². The summed E-state index contributed by atoms with van der Waals surface area (Å²) in [5.74, 6) is 0.00370. The monoisotopic (exact) mass is 538 g/mol. The lowest BCUT2D eigenvalue weighted by molar-refractivity contribution is -0.376. The van der Waals surface area contributed by atoms with Gasteiger partial charge in [-0.3, -0.25) is 4.90 Å². The van der Waals surface area contributed by atoms with Crippen molar-refractivity contribution in [1.82, 2.24) is 9.21 Å². The summed E-state index contributed by atoms with van der Waals surface area (Å²) < 4.78 is 104. The van der Waals surface area contributed by atoms with Crippen LogP contribution in [0.1, 0.15) is 36.5 Å². The molecule has 0 atom stereocenters. The van der Waals surface area contributed by atoms with E-state index in [1.165, 1.54) is 10.6 Å². The van der Waals surface area contributed by atoms with Crippen LogP contribution in [0.25, 0.3) is 11.1 Å². The van der Waals surface area contributed by atoms with Gasteiger partial charge < -0.3 is 5.11 Å². The molecule has 1 aliphatic rings. The van der Waals surface area contributed by atoms with Crippen LogP contribution in [0, 0.1) is 0 Å². The molecular weight excluding hydrogens is 510 g/mol. The molecule has 0 saturated carbocycles. The summed E-state index contributed by atoms with van der Waals surface area (Å²) in [6.07, 6.45) is -10.7. The normalized spacial score (nSPS) is 17.1. The van der Waals surface area contributed by atoms with Crippen LogP contribution in [-0.2, 0) is 22.2 Å². The maximum absolute atomic E-state index is 13.2. The number of hydrogen-bond acceptors (Lipinski definition) is 4. The van der Waals surface area contributed by atoms with Gasteiger partial charge in [0, 0.05) is 38.3 Å². The number of nitrogens with zero attached hydrogens (tertiary/aromatic N) is 2. The van der Waals surface area contributed by atoms with Crippen LogP contribution in [0.15, 0.2) is 42.5 Å². The van der Waals surface area contributed by atoms with E-state index < -0.39 is 33.5 Å². The van der Waals surface area contributed by atoms with Gasteiger partial charge in [0.05, 0.1) is 6.26 Å². The van der Waals surface area contributed by atoms with Gasteiger partial charge in [0.15, 0.2) is 0 Å². The predicted octanol–water partition coefficient (Wildman–Crippen LogP) is 4.87. The molecule has 2 aromatic carbocycles. The Kier molecular flexibility index (Phi) is 7.86. The van der Waals surface area contributed by atoms with Crippen LogP contribution >= 0.6 is 0 Å². The molecular formula is C24H28F6N2O3S. The molecule has 1 aliphatic heterocycles. The molecule has 2 aromatic rings. The topological polar surface area (TPSA) is 60.9 Å². The number of aliphatic hydroxyl groups is 1. The summed E-state index contributed by atoms with van der Waals surface area (Å²) in [6.45, 7) is 6.33. The standard InChI is InChI=1S/C24H28F6N2O3S/c1-16(2)21-14-17(15-31-10-12-32(13-11-31)36(3,34)35)4-9-20(21)18-5-7-19(8-6-18)22(33,23(25,26)27)24(28,29)30/h4-9,14,16,33H,10-13,15H2,1-3H3. The van der Waals surface area contributed by atoms with E-state index in [0.717, 1.165) is 23.3 Å². The van der Waals surface area contributed by atoms with Crippen LogP contribution in [0.3, 0.4) is 0 Å². The van der Waals surface area contributed by atoms with Gasteiger partial charge in [-0.05, 0) is 28.2 Å². The third-order valence-electron chi connectivity index (χ3n) is 6.38. The van der Waals surface area contributed by atoms with E-state index in [1.807, 2.05) is 26.0 Å². The number of piperazine rings is 1. The highest BCUT2D eigenvalue weighted by Gasteiger charge is 2.71. The molecule has 36 heavy (non-hydrogen) atoms. The number of alkyl halides is 6. The quantitative estimate of drug-likeness (QED) is 0.534. The fraction of sp³-hybridized carbons (Fsp3) is 0.500. The van der Waals surface area contributed by atoms with E-state index in [1.54, 1.807) is 6.07 Å². The summed E-state index contributed by atoms with van der Waals surface area (Å²) in [4.78, 5) is 2.12. The van der Waals surface area contributed by atoms with Gasteiger partial charge in [0.1, 0.15) is 0 Å². The van der Waals surface area contributed by atoms with E-state index >= 15 is 0 Å². The first-order valence-electron chi connectivity index (χ1n) is 11.2. The second-order valence-electron chi connectivity index (χ2n) is 9.30. The molecule has 0 aliphatic carbocycles. The molecule has 3 rings (SSSR count). The van der Waals surface area contributed by atoms with Gasteiger partial charge in [-0.25, -0.2) is 8.42 Å². The predicted molar refractivity (Wildman–Crippen MR) is 124 cm³/mol. The van der Waals surface area contributed by atoms with Crippen molar-refractivity contribution in [2.75, 3.05) is 32.4 Å². The van der Waals surface area contributed by atoms with Gasteiger partial charge in [-0.15, -0.1) is 0 Å². The largest absolute Gasteiger partial charge is 0.430 e. The van der Waals surface area contributed by atoms with E-state index in [9.17, 15) is 39.9 Å². The lowest BCUT2D eigenvalue weighted by Gasteiger charge is -2.33. The average molecular weight is 539 g/mol. The Bertz CT molecular complexity index is 1160. The minimum Gasteiger partial charge on any atom is -0.369 e. The third-order valence-corrected chi connectivity index (χ3v) is 7.68. The second kappa shape index (κ2) is 9.96. The van der Waals surface area contributed by atoms with Gasteiger partial charge in [-0.1, -0.05) is 56.3 Å². The Morgan fingerprint density at radius 2 is 1.42 bits per heavy atom. The summed E-state index contributed by atoms with van der Waals surface area (Å²) >= 11 is 0. The smallest absolute Gasteiger partial charge is 0.369 e. The van der Waals surface area contributed by atoms with Crippen LogP contribution in [-0.4, -0.2) is 67.5 Å². The Balaban J connectivity index is 1.86. The number of benzene rings is 2. The van der Waals surface area contributed by atoms with Crippen molar-refractivity contribution in [3.8, 4) is 11.1 Å². The highest BCUT2D eigenvalue weighted by Crippen LogP contribution is 2.50. The Morgan fingerprint density at radius 1 is 0.889 bits per heavy atom. The van der Waals surface area contributed by atoms with Gasteiger partial charge in [0.2, 0.25) is 10.0 Å². The highest BCUT2D eigenvalue weighted by atomic mass is 32.2. The van der Waals surface area contributed by atoms with Gasteiger partial charge in [-0.2, -0.15) is 30.6 Å². The molecule has 1 saturated heterocycles. The average Bonchev–Trinajstić information content (AvgIpc) is 2.77. The number of sulfonamides is 1. The molecule has 0 radical (unpaired) electrons. The van der Waals surface area contributed by atoms with Crippen molar-refractivity contribution in [3.63, 3.8) is 0 Å². The first-order valence-corrected chi connectivity index (χ1v) is 13.1. The van der Waals surface area contributed by atoms with Gasteiger partial charge in [0.25, 0.3) is 5.60 Å². The number of hydrogen-bond donors (Lipinski definition) is 1. The SMILES string of the molecule is CC(C)c1cc(CN2CCN(S(C)(=O)=O)CC2)ccc1-c1ccc(C(O)(C(F)(F)F)C(F)(F)F)cc1. The molecule has 1 fully saturated rings. The molecule has 0 amide bonds. The van der Waals surface area contributed by atoms with Crippen molar-refractivity contribution in [3.05, 3.63) is 59.2 Å². The Morgan fingerprint density at radius 3 is 1.86 bits per heavy atom. The zero-order valence-electron chi connectivity index (χ0n) is 20.0. The first kappa shape index (κ1) is 28.4. The zero-order valence-corrected chi connectivity index (χ0v) is 20.8. The molecule has 1 N–H and O–H groups in total. The van der Waals surface area contributed by atoms with Crippen LogP contribution in [0.2, 0.25) is 0 Å². The van der Waals surface area contributed by atoms with Crippen LogP contribution in [0.4, 0.5) is 26.3 Å². The Hall–Kier alpha value is -2.15. The first-order chi connectivity index (χ1) is 16.4. The lowest BCUT2D eigenvalue weighted by atomic mass is 9.87. The minimum absolute atomic E-state index is 0.00370. The van der Waals surface area contributed by atoms with E-state index in [0.29, 0.717) is 56.0 Å². The van der Waals surface area contributed by atoms with Gasteiger partial charge >= 0.3 is 12.4 Å². The fourth-order valence-electron chi connectivity index (χ4n) is 4.31. The van der Waals surface area contributed by atoms with Crippen molar-refractivity contribution >= 4 is 10.0 Å². The molecule has 0 bridgehead atoms. The second-order valence-corrected chi connectivity index (χ2v) is 11.3. The molecule has 1 heterocycles. The maximum atomic E-state index is 13.2. The number of halogens is 6. The van der Waals surface area contributed by atoms with Crippen molar-refractivity contribution in [2.24, 2.45) is 0 Å². The summed E-state index contributed by atoms with van der Waals surface area (Å²) in [7, 11) is -3.24. The maximum Gasteiger partial charge on any atom is 0.430 e. The summed E-state index contributed by atoms with van der Waals surface area (Å²) in [6, 6.07) is 9.13. The molecule has 0 unspecified atom stereocenters. The van der Waals surface area contributed by atoms with E-state index in [-0.39, 0.29) is 5.92 Å². The third kappa shape index (κ3) is 5.71. The zero-order chi connectivity index (χ0) is 27.1.